The quantitative estimate of drug-likeness (QED) is 0.100. The molecule has 0 spiro atoms. The van der Waals surface area contributed by atoms with Crippen molar-refractivity contribution < 1.29 is 33.8 Å². The van der Waals surface area contributed by atoms with Crippen molar-refractivity contribution in [2.45, 2.75) is 39.2 Å². The Morgan fingerprint density at radius 1 is 0.571 bits per heavy atom. The monoisotopic (exact) mass is 586 g/mol. The van der Waals surface area contributed by atoms with Crippen LogP contribution < -0.4 is 9.47 Å². The average molecular weight is 587 g/mol. The number of para-hydroxylation sites is 2. The first-order chi connectivity index (χ1) is 20.2. The summed E-state index contributed by atoms with van der Waals surface area (Å²) in [6, 6.07) is 28.2. The van der Waals surface area contributed by atoms with Gasteiger partial charge in [-0.15, -0.1) is 11.6 Å². The Morgan fingerprint density at radius 3 is 1.29 bits per heavy atom. The van der Waals surface area contributed by atoms with Crippen molar-refractivity contribution in [3.8, 4) is 11.5 Å². The van der Waals surface area contributed by atoms with E-state index in [9.17, 15) is 19.2 Å². The third-order valence-corrected chi connectivity index (χ3v) is 6.30. The lowest BCUT2D eigenvalue weighted by molar-refractivity contribution is -0.132. The molecule has 4 aromatic rings. The first kappa shape index (κ1) is 31.9. The second kappa shape index (κ2) is 16.0. The fourth-order valence-electron chi connectivity index (χ4n) is 3.95. The zero-order chi connectivity index (χ0) is 30.5. The van der Waals surface area contributed by atoms with E-state index in [1.54, 1.807) is 72.8 Å². The number of carbonyl (C=O) groups is 4. The summed E-state index contributed by atoms with van der Waals surface area (Å²) < 4.78 is 10.1. The van der Waals surface area contributed by atoms with Gasteiger partial charge in [-0.05, 0) is 46.5 Å². The van der Waals surface area contributed by atoms with Gasteiger partial charge in [0.2, 0.25) is 0 Å². The van der Waals surface area contributed by atoms with Gasteiger partial charge in [0.15, 0.2) is 11.6 Å². The number of aliphatic hydroxyl groups excluding tert-OH is 1. The van der Waals surface area contributed by atoms with Crippen LogP contribution in [-0.2, 0) is 34.9 Å². The van der Waals surface area contributed by atoms with Crippen LogP contribution in [0, 0.1) is 0 Å². The summed E-state index contributed by atoms with van der Waals surface area (Å²) >= 11 is 5.73. The molecule has 42 heavy (non-hydrogen) atoms. The number of ether oxygens (including phenoxy) is 2. The van der Waals surface area contributed by atoms with Crippen molar-refractivity contribution in [3.63, 3.8) is 0 Å². The summed E-state index contributed by atoms with van der Waals surface area (Å²) in [6.07, 6.45) is 0.463. The van der Waals surface area contributed by atoms with Gasteiger partial charge in [0.25, 0.3) is 0 Å². The van der Waals surface area contributed by atoms with Crippen LogP contribution in [0.15, 0.2) is 97.1 Å². The molecule has 0 saturated heterocycles. The molecular weight excluding hydrogens is 556 g/mol. The van der Waals surface area contributed by atoms with Gasteiger partial charge in [0.1, 0.15) is 11.5 Å². The van der Waals surface area contributed by atoms with Gasteiger partial charge in [0.05, 0.1) is 17.7 Å². The van der Waals surface area contributed by atoms with Crippen molar-refractivity contribution in [1.82, 2.24) is 0 Å². The van der Waals surface area contributed by atoms with Gasteiger partial charge in [0, 0.05) is 32.6 Å². The van der Waals surface area contributed by atoms with E-state index in [1.165, 1.54) is 13.8 Å². The fraction of sp³-hybridized carbons (Fsp3) is 0.176. The molecular formula is C34H31ClO7. The molecule has 0 atom stereocenters. The molecule has 8 heteroatoms. The largest absolute Gasteiger partial charge is 0.426 e. The Labute approximate surface area is 249 Å². The van der Waals surface area contributed by atoms with Gasteiger partial charge in [-0.3, -0.25) is 19.2 Å². The third kappa shape index (κ3) is 9.80. The Balaban J connectivity index is 0.000000230. The molecule has 4 aromatic carbocycles. The van der Waals surface area contributed by atoms with Gasteiger partial charge < -0.3 is 14.6 Å². The molecule has 0 saturated carbocycles. The Kier molecular flexibility index (Phi) is 12.2. The number of halogens is 1. The van der Waals surface area contributed by atoms with E-state index in [0.29, 0.717) is 22.8 Å². The van der Waals surface area contributed by atoms with Crippen LogP contribution in [0.5, 0.6) is 11.5 Å². The normalized spacial score (nSPS) is 10.2. The van der Waals surface area contributed by atoms with E-state index in [1.807, 2.05) is 24.3 Å². The topological polar surface area (TPSA) is 107 Å². The molecule has 0 amide bonds. The molecule has 0 radical (unpaired) electrons. The smallest absolute Gasteiger partial charge is 0.308 e. The highest BCUT2D eigenvalue weighted by Crippen LogP contribution is 2.22. The standard InChI is InChI=1S/C17H15ClO3.C17H16O4/c2*1-12(19)21-17-5-3-2-4-15(17)16(20)10-13-6-8-14(11-18)9-7-13/h2-9H,10-11H2,1H3;2-9,18H,10-11H2,1H3. The molecule has 216 valence electrons. The number of hydrogen-bond donors (Lipinski definition) is 1. The molecule has 4 rings (SSSR count). The molecule has 0 aromatic heterocycles. The summed E-state index contributed by atoms with van der Waals surface area (Å²) in [6.45, 7) is 2.59. The van der Waals surface area contributed by atoms with Gasteiger partial charge in [-0.2, -0.15) is 0 Å². The van der Waals surface area contributed by atoms with Gasteiger partial charge in [-0.1, -0.05) is 72.8 Å². The summed E-state index contributed by atoms with van der Waals surface area (Å²) in [7, 11) is 0. The first-order valence-corrected chi connectivity index (χ1v) is 13.7. The Bertz CT molecular complexity index is 1410. The van der Waals surface area contributed by atoms with E-state index in [-0.39, 0.29) is 36.8 Å². The number of benzene rings is 4. The second-order valence-corrected chi connectivity index (χ2v) is 9.57. The second-order valence-electron chi connectivity index (χ2n) is 9.30. The molecule has 0 bridgehead atoms. The summed E-state index contributed by atoms with van der Waals surface area (Å²) in [5, 5.41) is 8.99. The highest BCUT2D eigenvalue weighted by Gasteiger charge is 2.15. The van der Waals surface area contributed by atoms with E-state index < -0.39 is 11.9 Å². The molecule has 0 fully saturated rings. The van der Waals surface area contributed by atoms with E-state index in [0.717, 1.165) is 22.3 Å². The van der Waals surface area contributed by atoms with Crippen molar-refractivity contribution >= 4 is 35.1 Å². The van der Waals surface area contributed by atoms with Crippen LogP contribution in [0.25, 0.3) is 0 Å². The van der Waals surface area contributed by atoms with E-state index >= 15 is 0 Å². The molecule has 0 aliphatic carbocycles. The minimum Gasteiger partial charge on any atom is -0.426 e. The maximum atomic E-state index is 12.4. The summed E-state index contributed by atoms with van der Waals surface area (Å²) in [5.41, 5.74) is 4.34. The third-order valence-electron chi connectivity index (χ3n) is 5.99. The summed E-state index contributed by atoms with van der Waals surface area (Å²) in [5.74, 6) is -0.0866. The minimum atomic E-state index is -0.456. The number of Topliss-reactive ketones (excluding diaryl/α,β-unsaturated/α-hetero) is 2. The van der Waals surface area contributed by atoms with Crippen LogP contribution in [0.1, 0.15) is 56.8 Å². The van der Waals surface area contributed by atoms with Gasteiger partial charge >= 0.3 is 11.9 Å². The highest BCUT2D eigenvalue weighted by molar-refractivity contribution is 6.17. The maximum Gasteiger partial charge on any atom is 0.308 e. The fourth-order valence-corrected chi connectivity index (χ4v) is 4.13. The number of ketones is 2. The van der Waals surface area contributed by atoms with E-state index in [2.05, 4.69) is 0 Å². The van der Waals surface area contributed by atoms with Crippen LogP contribution in [0.4, 0.5) is 0 Å². The number of carbonyl (C=O) groups excluding carboxylic acids is 4. The molecule has 1 N–H and O–H groups in total. The lowest BCUT2D eigenvalue weighted by Crippen LogP contribution is -2.09. The van der Waals surface area contributed by atoms with Crippen LogP contribution in [0.3, 0.4) is 0 Å². The van der Waals surface area contributed by atoms with Crippen molar-refractivity contribution in [3.05, 3.63) is 130 Å². The van der Waals surface area contributed by atoms with E-state index in [4.69, 9.17) is 26.2 Å². The number of alkyl halides is 1. The lowest BCUT2D eigenvalue weighted by atomic mass is 10.0. The SMILES string of the molecule is CC(=O)Oc1ccccc1C(=O)Cc1ccc(CCl)cc1.CC(=O)Oc1ccccc1C(=O)Cc1ccc(CO)cc1. The molecule has 0 heterocycles. The average Bonchev–Trinajstić information content (AvgIpc) is 2.98. The van der Waals surface area contributed by atoms with Crippen LogP contribution in [-0.4, -0.2) is 28.6 Å². The van der Waals surface area contributed by atoms with Crippen LogP contribution >= 0.6 is 11.6 Å². The lowest BCUT2D eigenvalue weighted by Gasteiger charge is -2.08. The summed E-state index contributed by atoms with van der Waals surface area (Å²) in [4.78, 5) is 46.8. The Hall–Kier alpha value is -4.59. The minimum absolute atomic E-state index is 0.0243. The molecule has 0 unspecified atom stereocenters. The predicted molar refractivity (Wildman–Crippen MR) is 160 cm³/mol. The van der Waals surface area contributed by atoms with Crippen molar-refractivity contribution in [1.29, 1.82) is 0 Å². The highest BCUT2D eigenvalue weighted by atomic mass is 35.5. The number of rotatable bonds is 10. The van der Waals surface area contributed by atoms with Crippen molar-refractivity contribution in [2.75, 3.05) is 0 Å². The first-order valence-electron chi connectivity index (χ1n) is 13.1. The van der Waals surface area contributed by atoms with Crippen LogP contribution in [0.2, 0.25) is 0 Å². The number of esters is 2. The molecule has 7 nitrogen and oxygen atoms in total. The molecule has 0 aliphatic rings. The van der Waals surface area contributed by atoms with Crippen molar-refractivity contribution in [2.24, 2.45) is 0 Å². The maximum absolute atomic E-state index is 12.4. The predicted octanol–water partition coefficient (Wildman–Crippen LogP) is 6.31. The number of aliphatic hydroxyl groups is 1. The zero-order valence-electron chi connectivity index (χ0n) is 23.3. The number of hydrogen-bond acceptors (Lipinski definition) is 7. The molecule has 0 aliphatic heterocycles. The zero-order valence-corrected chi connectivity index (χ0v) is 24.1. The Morgan fingerprint density at radius 2 is 0.929 bits per heavy atom. The van der Waals surface area contributed by atoms with Gasteiger partial charge in [-0.25, -0.2) is 0 Å².